The summed E-state index contributed by atoms with van der Waals surface area (Å²) in [5, 5.41) is 3.36. The van der Waals surface area contributed by atoms with Crippen molar-refractivity contribution in [2.75, 3.05) is 19.0 Å². The van der Waals surface area contributed by atoms with Gasteiger partial charge in [0.2, 0.25) is 5.88 Å². The Morgan fingerprint density at radius 1 is 1.53 bits per heavy atom. The minimum absolute atomic E-state index is 0.668. The van der Waals surface area contributed by atoms with Crippen molar-refractivity contribution in [1.29, 1.82) is 0 Å². The van der Waals surface area contributed by atoms with Crippen molar-refractivity contribution < 1.29 is 4.74 Å². The topological polar surface area (TPSA) is 34.2 Å². The third-order valence-corrected chi connectivity index (χ3v) is 2.39. The van der Waals surface area contributed by atoms with Crippen molar-refractivity contribution in [3.63, 3.8) is 0 Å². The molecule has 1 aromatic rings. The highest BCUT2D eigenvalue weighted by molar-refractivity contribution is 5.51. The van der Waals surface area contributed by atoms with Gasteiger partial charge in [0.25, 0.3) is 0 Å². The van der Waals surface area contributed by atoms with Gasteiger partial charge in [0, 0.05) is 12.7 Å². The molecule has 15 heavy (non-hydrogen) atoms. The SMILES string of the molecule is CCCC(C)CNc1cccnc1OC. The van der Waals surface area contributed by atoms with Crippen LogP contribution in [-0.2, 0) is 0 Å². The third kappa shape index (κ3) is 3.78. The van der Waals surface area contributed by atoms with Crippen LogP contribution in [0.2, 0.25) is 0 Å². The fraction of sp³-hybridized carbons (Fsp3) is 0.583. The summed E-state index contributed by atoms with van der Waals surface area (Å²) in [6.07, 6.45) is 4.21. The van der Waals surface area contributed by atoms with E-state index in [-0.39, 0.29) is 0 Å². The van der Waals surface area contributed by atoms with Crippen molar-refractivity contribution >= 4 is 5.69 Å². The molecule has 1 N–H and O–H groups in total. The number of aromatic nitrogens is 1. The Labute approximate surface area is 91.9 Å². The minimum Gasteiger partial charge on any atom is -0.480 e. The standard InChI is InChI=1S/C12H20N2O/c1-4-6-10(2)9-14-11-7-5-8-13-12(11)15-3/h5,7-8,10,14H,4,6,9H2,1-3H3. The molecule has 0 radical (unpaired) electrons. The fourth-order valence-corrected chi connectivity index (χ4v) is 1.57. The Morgan fingerprint density at radius 2 is 2.33 bits per heavy atom. The van der Waals surface area contributed by atoms with Crippen LogP contribution in [0.15, 0.2) is 18.3 Å². The lowest BCUT2D eigenvalue weighted by molar-refractivity contribution is 0.399. The van der Waals surface area contributed by atoms with E-state index in [4.69, 9.17) is 4.74 Å². The van der Waals surface area contributed by atoms with Crippen LogP contribution in [-0.4, -0.2) is 18.6 Å². The molecule has 0 fully saturated rings. The summed E-state index contributed by atoms with van der Waals surface area (Å²) in [7, 11) is 1.64. The van der Waals surface area contributed by atoms with Crippen molar-refractivity contribution in [3.8, 4) is 5.88 Å². The molecule has 0 saturated carbocycles. The van der Waals surface area contributed by atoms with Gasteiger partial charge in [-0.05, 0) is 24.5 Å². The quantitative estimate of drug-likeness (QED) is 0.780. The molecule has 3 heteroatoms. The van der Waals surface area contributed by atoms with Gasteiger partial charge in [-0.2, -0.15) is 0 Å². The lowest BCUT2D eigenvalue weighted by atomic mass is 10.1. The summed E-state index contributed by atoms with van der Waals surface area (Å²) in [6, 6.07) is 3.90. The maximum atomic E-state index is 5.16. The summed E-state index contributed by atoms with van der Waals surface area (Å²) in [6.45, 7) is 5.43. The predicted molar refractivity (Wildman–Crippen MR) is 63.4 cm³/mol. The normalized spacial score (nSPS) is 12.2. The third-order valence-electron chi connectivity index (χ3n) is 2.39. The first kappa shape index (κ1) is 11.8. The average Bonchev–Trinajstić information content (AvgIpc) is 2.27. The number of nitrogens with one attached hydrogen (secondary N) is 1. The first-order valence-electron chi connectivity index (χ1n) is 5.50. The molecule has 0 aliphatic heterocycles. The van der Waals surface area contributed by atoms with Gasteiger partial charge < -0.3 is 10.1 Å². The summed E-state index contributed by atoms with van der Waals surface area (Å²) in [5.74, 6) is 1.35. The lowest BCUT2D eigenvalue weighted by Crippen LogP contribution is -2.11. The molecule has 1 aromatic heterocycles. The zero-order chi connectivity index (χ0) is 11.1. The molecule has 3 nitrogen and oxygen atoms in total. The highest BCUT2D eigenvalue weighted by atomic mass is 16.5. The molecule has 0 bridgehead atoms. The van der Waals surface area contributed by atoms with Crippen LogP contribution in [0.5, 0.6) is 5.88 Å². The van der Waals surface area contributed by atoms with Gasteiger partial charge in [0.1, 0.15) is 0 Å². The highest BCUT2D eigenvalue weighted by Gasteiger charge is 2.04. The van der Waals surface area contributed by atoms with Crippen molar-refractivity contribution in [2.45, 2.75) is 26.7 Å². The van der Waals surface area contributed by atoms with E-state index in [0.717, 1.165) is 12.2 Å². The van der Waals surface area contributed by atoms with E-state index in [1.54, 1.807) is 13.3 Å². The smallest absolute Gasteiger partial charge is 0.237 e. The van der Waals surface area contributed by atoms with Gasteiger partial charge in [0.15, 0.2) is 0 Å². The average molecular weight is 208 g/mol. The van der Waals surface area contributed by atoms with Gasteiger partial charge >= 0.3 is 0 Å². The van der Waals surface area contributed by atoms with E-state index in [2.05, 4.69) is 24.1 Å². The number of hydrogen-bond acceptors (Lipinski definition) is 3. The maximum Gasteiger partial charge on any atom is 0.237 e. The van der Waals surface area contributed by atoms with Crippen LogP contribution in [0.3, 0.4) is 0 Å². The molecule has 84 valence electrons. The van der Waals surface area contributed by atoms with Crippen LogP contribution >= 0.6 is 0 Å². The number of ether oxygens (including phenoxy) is 1. The molecule has 1 unspecified atom stereocenters. The number of rotatable bonds is 6. The highest BCUT2D eigenvalue weighted by Crippen LogP contribution is 2.20. The fourth-order valence-electron chi connectivity index (χ4n) is 1.57. The Morgan fingerprint density at radius 3 is 3.00 bits per heavy atom. The van der Waals surface area contributed by atoms with Crippen LogP contribution in [0.25, 0.3) is 0 Å². The number of hydrogen-bond donors (Lipinski definition) is 1. The summed E-state index contributed by atoms with van der Waals surface area (Å²) in [5.41, 5.74) is 0.975. The summed E-state index contributed by atoms with van der Waals surface area (Å²) >= 11 is 0. The molecule has 1 atom stereocenters. The molecule has 0 aromatic carbocycles. The Balaban J connectivity index is 2.49. The van der Waals surface area contributed by atoms with Gasteiger partial charge in [0.05, 0.1) is 12.8 Å². The first-order valence-corrected chi connectivity index (χ1v) is 5.50. The second-order valence-corrected chi connectivity index (χ2v) is 3.83. The molecule has 0 aliphatic rings. The second kappa shape index (κ2) is 6.27. The van der Waals surface area contributed by atoms with Crippen LogP contribution in [0.1, 0.15) is 26.7 Å². The summed E-state index contributed by atoms with van der Waals surface area (Å²) in [4.78, 5) is 4.14. The van der Waals surface area contributed by atoms with Crippen LogP contribution < -0.4 is 10.1 Å². The zero-order valence-electron chi connectivity index (χ0n) is 9.79. The van der Waals surface area contributed by atoms with Gasteiger partial charge in [-0.1, -0.05) is 20.3 Å². The molecule has 0 amide bonds. The monoisotopic (exact) mass is 208 g/mol. The second-order valence-electron chi connectivity index (χ2n) is 3.83. The Hall–Kier alpha value is -1.25. The molecular formula is C12H20N2O. The number of nitrogens with zero attached hydrogens (tertiary/aromatic N) is 1. The van der Waals surface area contributed by atoms with E-state index in [1.165, 1.54) is 12.8 Å². The van der Waals surface area contributed by atoms with Crippen molar-refractivity contribution in [1.82, 2.24) is 4.98 Å². The van der Waals surface area contributed by atoms with E-state index in [0.29, 0.717) is 11.8 Å². The van der Waals surface area contributed by atoms with Crippen molar-refractivity contribution in [3.05, 3.63) is 18.3 Å². The molecular weight excluding hydrogens is 188 g/mol. The maximum absolute atomic E-state index is 5.16. The number of anilines is 1. The van der Waals surface area contributed by atoms with Crippen LogP contribution in [0, 0.1) is 5.92 Å². The van der Waals surface area contributed by atoms with Crippen molar-refractivity contribution in [2.24, 2.45) is 5.92 Å². The van der Waals surface area contributed by atoms with E-state index < -0.39 is 0 Å². The number of pyridine rings is 1. The predicted octanol–water partition coefficient (Wildman–Crippen LogP) is 2.94. The first-order chi connectivity index (χ1) is 7.27. The van der Waals surface area contributed by atoms with E-state index in [1.807, 2.05) is 12.1 Å². The lowest BCUT2D eigenvalue weighted by Gasteiger charge is -2.13. The molecule has 0 aliphatic carbocycles. The minimum atomic E-state index is 0.668. The Bertz CT molecular complexity index is 289. The largest absolute Gasteiger partial charge is 0.480 e. The molecule has 1 rings (SSSR count). The number of methoxy groups -OCH3 is 1. The summed E-state index contributed by atoms with van der Waals surface area (Å²) < 4.78 is 5.16. The zero-order valence-corrected chi connectivity index (χ0v) is 9.79. The molecule has 1 heterocycles. The van der Waals surface area contributed by atoms with Gasteiger partial charge in [-0.3, -0.25) is 0 Å². The Kier molecular flexibility index (Phi) is 4.95. The van der Waals surface area contributed by atoms with E-state index in [9.17, 15) is 0 Å². The van der Waals surface area contributed by atoms with Crippen LogP contribution in [0.4, 0.5) is 5.69 Å². The van der Waals surface area contributed by atoms with E-state index >= 15 is 0 Å². The molecule has 0 saturated heterocycles. The molecule has 0 spiro atoms. The van der Waals surface area contributed by atoms with Gasteiger partial charge in [-0.15, -0.1) is 0 Å². The van der Waals surface area contributed by atoms with Gasteiger partial charge in [-0.25, -0.2) is 4.98 Å².